The molecule has 25 heavy (non-hydrogen) atoms. The number of benzene rings is 2. The van der Waals surface area contributed by atoms with Crippen LogP contribution in [0.2, 0.25) is 0 Å². The van der Waals surface area contributed by atoms with Crippen LogP contribution in [0.5, 0.6) is 5.75 Å². The van der Waals surface area contributed by atoms with Crippen molar-refractivity contribution in [3.63, 3.8) is 0 Å². The smallest absolute Gasteiger partial charge is 0.338 e. The van der Waals surface area contributed by atoms with Crippen LogP contribution in [0.25, 0.3) is 11.6 Å². The molecule has 0 spiro atoms. The van der Waals surface area contributed by atoms with Gasteiger partial charge in [-0.05, 0) is 35.9 Å². The number of anilines is 1. The number of esters is 1. The van der Waals surface area contributed by atoms with E-state index < -0.39 is 17.8 Å². The lowest BCUT2D eigenvalue weighted by Crippen LogP contribution is -2.31. The molecule has 6 heteroatoms. The van der Waals surface area contributed by atoms with Crippen molar-refractivity contribution >= 4 is 35.1 Å². The zero-order valence-corrected chi connectivity index (χ0v) is 13.6. The highest BCUT2D eigenvalue weighted by Gasteiger charge is 2.38. The first kappa shape index (κ1) is 16.4. The maximum atomic E-state index is 12.8. The SMILES string of the molecule is COC(=O)c1cccc2c1/C(=C/c1ccc(O)cc1)C(=O)N2C(C)=O. The van der Waals surface area contributed by atoms with Crippen molar-refractivity contribution < 1.29 is 24.2 Å². The van der Waals surface area contributed by atoms with Gasteiger partial charge in [-0.15, -0.1) is 0 Å². The van der Waals surface area contributed by atoms with Crippen LogP contribution in [0.3, 0.4) is 0 Å². The monoisotopic (exact) mass is 337 g/mol. The molecule has 0 saturated heterocycles. The van der Waals surface area contributed by atoms with E-state index in [2.05, 4.69) is 0 Å². The van der Waals surface area contributed by atoms with Gasteiger partial charge in [-0.25, -0.2) is 9.69 Å². The topological polar surface area (TPSA) is 83.9 Å². The second-order valence-electron chi connectivity index (χ2n) is 5.50. The van der Waals surface area contributed by atoms with Gasteiger partial charge in [-0.3, -0.25) is 9.59 Å². The number of fused-ring (bicyclic) bond motifs is 1. The number of phenolic OH excluding ortho intramolecular Hbond substituents is 1. The van der Waals surface area contributed by atoms with Crippen LogP contribution in [0.1, 0.15) is 28.4 Å². The van der Waals surface area contributed by atoms with Crippen molar-refractivity contribution in [2.45, 2.75) is 6.92 Å². The average Bonchev–Trinajstić information content (AvgIpc) is 2.88. The molecule has 0 unspecified atom stereocenters. The summed E-state index contributed by atoms with van der Waals surface area (Å²) in [4.78, 5) is 37.9. The van der Waals surface area contributed by atoms with Crippen LogP contribution < -0.4 is 4.90 Å². The van der Waals surface area contributed by atoms with Crippen molar-refractivity contribution in [3.05, 3.63) is 59.2 Å². The maximum Gasteiger partial charge on any atom is 0.338 e. The first-order chi connectivity index (χ1) is 11.9. The van der Waals surface area contributed by atoms with E-state index >= 15 is 0 Å². The molecule has 1 aliphatic heterocycles. The molecular formula is C19H15NO5. The molecule has 1 N–H and O–H groups in total. The second kappa shape index (κ2) is 6.24. The highest BCUT2D eigenvalue weighted by Crippen LogP contribution is 2.40. The number of methoxy groups -OCH3 is 1. The van der Waals surface area contributed by atoms with Gasteiger partial charge in [0.2, 0.25) is 5.91 Å². The van der Waals surface area contributed by atoms with Crippen LogP contribution in [0.4, 0.5) is 5.69 Å². The van der Waals surface area contributed by atoms with Crippen molar-refractivity contribution in [1.82, 2.24) is 0 Å². The van der Waals surface area contributed by atoms with E-state index in [1.54, 1.807) is 36.4 Å². The van der Waals surface area contributed by atoms with Gasteiger partial charge >= 0.3 is 5.97 Å². The van der Waals surface area contributed by atoms with Gasteiger partial charge in [0.05, 0.1) is 23.9 Å². The van der Waals surface area contributed by atoms with Gasteiger partial charge in [0, 0.05) is 12.5 Å². The summed E-state index contributed by atoms with van der Waals surface area (Å²) in [6.07, 6.45) is 1.58. The van der Waals surface area contributed by atoms with Crippen molar-refractivity contribution in [1.29, 1.82) is 0 Å². The quantitative estimate of drug-likeness (QED) is 0.673. The molecule has 0 radical (unpaired) electrons. The molecule has 0 aliphatic carbocycles. The molecule has 6 nitrogen and oxygen atoms in total. The summed E-state index contributed by atoms with van der Waals surface area (Å²) < 4.78 is 4.79. The lowest BCUT2D eigenvalue weighted by atomic mass is 9.98. The molecule has 2 aromatic carbocycles. The Morgan fingerprint density at radius 1 is 1.12 bits per heavy atom. The number of ether oxygens (including phenoxy) is 1. The van der Waals surface area contributed by atoms with Crippen LogP contribution in [0.15, 0.2) is 42.5 Å². The molecule has 0 bridgehead atoms. The van der Waals surface area contributed by atoms with Gasteiger partial charge in [0.15, 0.2) is 0 Å². The number of rotatable bonds is 2. The van der Waals surface area contributed by atoms with Crippen molar-refractivity contribution in [3.8, 4) is 5.75 Å². The molecule has 3 rings (SSSR count). The largest absolute Gasteiger partial charge is 0.508 e. The predicted molar refractivity (Wildman–Crippen MR) is 91.9 cm³/mol. The van der Waals surface area contributed by atoms with Gasteiger partial charge in [0.1, 0.15) is 5.75 Å². The minimum Gasteiger partial charge on any atom is -0.508 e. The summed E-state index contributed by atoms with van der Waals surface area (Å²) in [5.41, 5.74) is 1.80. The normalized spacial score (nSPS) is 14.6. The van der Waals surface area contributed by atoms with E-state index in [9.17, 15) is 19.5 Å². The van der Waals surface area contributed by atoms with E-state index in [0.29, 0.717) is 16.8 Å². The molecule has 126 valence electrons. The first-order valence-electron chi connectivity index (χ1n) is 7.51. The van der Waals surface area contributed by atoms with Gasteiger partial charge < -0.3 is 9.84 Å². The standard InChI is InChI=1S/C19H15NO5/c1-11(21)20-16-5-3-4-14(19(24)25-2)17(16)15(18(20)23)10-12-6-8-13(22)9-7-12/h3-10,22H,1-2H3/b15-10-. The van der Waals surface area contributed by atoms with Crippen LogP contribution in [-0.2, 0) is 14.3 Å². The predicted octanol–water partition coefficient (Wildman–Crippen LogP) is 2.61. The Labute approximate surface area is 143 Å². The third-order valence-corrected chi connectivity index (χ3v) is 3.91. The van der Waals surface area contributed by atoms with E-state index in [-0.39, 0.29) is 16.9 Å². The number of amides is 2. The number of carbonyl (C=O) groups is 3. The molecule has 0 atom stereocenters. The Hall–Kier alpha value is -3.41. The van der Waals surface area contributed by atoms with Gasteiger partial charge in [0.25, 0.3) is 5.91 Å². The molecule has 0 fully saturated rings. The third kappa shape index (κ3) is 2.78. The third-order valence-electron chi connectivity index (χ3n) is 3.91. The summed E-state index contributed by atoms with van der Waals surface area (Å²) in [5, 5.41) is 9.39. The maximum absolute atomic E-state index is 12.8. The first-order valence-corrected chi connectivity index (χ1v) is 7.51. The highest BCUT2D eigenvalue weighted by molar-refractivity contribution is 6.43. The van der Waals surface area contributed by atoms with E-state index in [1.165, 1.54) is 26.2 Å². The summed E-state index contributed by atoms with van der Waals surface area (Å²) >= 11 is 0. The summed E-state index contributed by atoms with van der Waals surface area (Å²) in [6.45, 7) is 1.29. The minimum absolute atomic E-state index is 0.0981. The van der Waals surface area contributed by atoms with E-state index in [1.807, 2.05) is 0 Å². The van der Waals surface area contributed by atoms with E-state index in [0.717, 1.165) is 4.90 Å². The number of carbonyl (C=O) groups excluding carboxylic acids is 3. The number of phenols is 1. The number of aromatic hydroxyl groups is 1. The number of nitrogens with zero attached hydrogens (tertiary/aromatic N) is 1. The number of hydrogen-bond donors (Lipinski definition) is 1. The van der Waals surface area contributed by atoms with Crippen LogP contribution in [0, 0.1) is 0 Å². The molecule has 1 aliphatic rings. The zero-order chi connectivity index (χ0) is 18.1. The Morgan fingerprint density at radius 2 is 1.80 bits per heavy atom. The van der Waals surface area contributed by atoms with Crippen molar-refractivity contribution in [2.24, 2.45) is 0 Å². The second-order valence-corrected chi connectivity index (χ2v) is 5.50. The summed E-state index contributed by atoms with van der Waals surface area (Å²) in [6, 6.07) is 11.0. The summed E-state index contributed by atoms with van der Waals surface area (Å²) in [7, 11) is 1.25. The fourth-order valence-corrected chi connectivity index (χ4v) is 2.81. The molecule has 1 heterocycles. The molecular weight excluding hydrogens is 322 g/mol. The Bertz CT molecular complexity index is 912. The number of hydrogen-bond acceptors (Lipinski definition) is 5. The lowest BCUT2D eigenvalue weighted by Gasteiger charge is -2.12. The molecule has 2 amide bonds. The average molecular weight is 337 g/mol. The van der Waals surface area contributed by atoms with Crippen molar-refractivity contribution in [2.75, 3.05) is 12.0 Å². The fourth-order valence-electron chi connectivity index (χ4n) is 2.81. The van der Waals surface area contributed by atoms with Gasteiger partial charge in [-0.2, -0.15) is 0 Å². The Kier molecular flexibility index (Phi) is 4.10. The lowest BCUT2D eigenvalue weighted by molar-refractivity contribution is -0.122. The van der Waals surface area contributed by atoms with E-state index in [4.69, 9.17) is 4.74 Å². The van der Waals surface area contributed by atoms with Gasteiger partial charge in [-0.1, -0.05) is 18.2 Å². The van der Waals surface area contributed by atoms with Crippen LogP contribution in [-0.4, -0.2) is 30.0 Å². The van der Waals surface area contributed by atoms with Crippen LogP contribution >= 0.6 is 0 Å². The number of imide groups is 1. The zero-order valence-electron chi connectivity index (χ0n) is 13.6. The fraction of sp³-hybridized carbons (Fsp3) is 0.105. The Morgan fingerprint density at radius 3 is 2.40 bits per heavy atom. The highest BCUT2D eigenvalue weighted by atomic mass is 16.5. The minimum atomic E-state index is -0.591. The molecule has 2 aromatic rings. The molecule has 0 saturated carbocycles. The Balaban J connectivity index is 2.25. The summed E-state index contributed by atoms with van der Waals surface area (Å²) in [5.74, 6) is -1.44. The molecule has 0 aromatic heterocycles.